The van der Waals surface area contributed by atoms with Gasteiger partial charge in [0.25, 0.3) is 0 Å². The Morgan fingerprint density at radius 2 is 1.79 bits per heavy atom. The zero-order valence-corrected chi connectivity index (χ0v) is 13.2. The van der Waals surface area contributed by atoms with Crippen molar-refractivity contribution in [3.05, 3.63) is 12.7 Å². The Bertz CT molecular complexity index is 227. The second kappa shape index (κ2) is 13.7. The van der Waals surface area contributed by atoms with E-state index in [0.29, 0.717) is 6.61 Å². The Balaban J connectivity index is 3.55. The van der Waals surface area contributed by atoms with Gasteiger partial charge in [-0.2, -0.15) is 0 Å². The molecule has 0 aliphatic heterocycles. The van der Waals surface area contributed by atoms with Gasteiger partial charge in [0.15, 0.2) is 6.79 Å². The molecule has 0 fully saturated rings. The molecule has 19 heavy (non-hydrogen) atoms. The smallest absolute Gasteiger partial charge is 0.332 e. The fourth-order valence-electron chi connectivity index (χ4n) is 1.28. The van der Waals surface area contributed by atoms with Crippen LogP contribution in [0, 0.1) is 0 Å². The first-order valence-electron chi connectivity index (χ1n) is 6.84. The lowest BCUT2D eigenvalue weighted by molar-refractivity contribution is -0.150. The number of ether oxygens (including phenoxy) is 2. The van der Waals surface area contributed by atoms with Gasteiger partial charge in [-0.15, -0.1) is 0 Å². The van der Waals surface area contributed by atoms with Crippen molar-refractivity contribution in [2.75, 3.05) is 26.6 Å². The molecule has 0 aliphatic rings. The Morgan fingerprint density at radius 1 is 1.16 bits per heavy atom. The third-order valence-corrected chi connectivity index (χ3v) is 4.29. The summed E-state index contributed by atoms with van der Waals surface area (Å²) in [6.45, 7) is 9.51. The molecule has 0 radical (unpaired) electrons. The maximum Gasteiger partial charge on any atom is 0.332 e. The van der Waals surface area contributed by atoms with E-state index in [1.807, 2.05) is 0 Å². The molecule has 0 N–H and O–H groups in total. The second-order valence-electron chi connectivity index (χ2n) is 4.01. The highest BCUT2D eigenvalue weighted by molar-refractivity contribution is 6.44. The Morgan fingerprint density at radius 3 is 2.32 bits per heavy atom. The van der Waals surface area contributed by atoms with Crippen molar-refractivity contribution in [3.8, 4) is 0 Å². The minimum absolute atomic E-state index is 0.0251. The van der Waals surface area contributed by atoms with E-state index in [-0.39, 0.29) is 6.79 Å². The molecular weight excluding hydrogens is 264 g/mol. The summed E-state index contributed by atoms with van der Waals surface area (Å²) in [5.41, 5.74) is 0. The van der Waals surface area contributed by atoms with Gasteiger partial charge in [0.2, 0.25) is 0 Å². The fraction of sp³-hybridized carbons (Fsp3) is 0.769. The Hall–Kier alpha value is -0.693. The molecule has 5 nitrogen and oxygen atoms in total. The molecule has 0 heterocycles. The van der Waals surface area contributed by atoms with Crippen LogP contribution in [-0.4, -0.2) is 41.9 Å². The zero-order valence-electron chi connectivity index (χ0n) is 12.1. The van der Waals surface area contributed by atoms with E-state index in [2.05, 4.69) is 20.4 Å². The molecule has 6 heteroatoms. The first-order chi connectivity index (χ1) is 9.24. The first kappa shape index (κ1) is 18.3. The SMILES string of the molecule is C=CC(=O)OCOCCC[SiH](OCCC)OCCC. The molecule has 0 aliphatic carbocycles. The lowest BCUT2D eigenvalue weighted by Gasteiger charge is -2.16. The zero-order chi connectivity index (χ0) is 14.3. The van der Waals surface area contributed by atoms with Crippen molar-refractivity contribution < 1.29 is 23.1 Å². The van der Waals surface area contributed by atoms with Gasteiger partial charge in [0.1, 0.15) is 0 Å². The van der Waals surface area contributed by atoms with Crippen molar-refractivity contribution in [1.82, 2.24) is 0 Å². The summed E-state index contributed by atoms with van der Waals surface area (Å²) < 4.78 is 21.3. The number of esters is 1. The molecule has 0 saturated carbocycles. The van der Waals surface area contributed by atoms with Gasteiger partial charge >= 0.3 is 15.3 Å². The summed E-state index contributed by atoms with van der Waals surface area (Å²) in [6.07, 6.45) is 3.99. The largest absolute Gasteiger partial charge is 0.435 e. The second-order valence-corrected chi connectivity index (χ2v) is 6.11. The fourth-order valence-corrected chi connectivity index (χ4v) is 3.21. The molecule has 0 bridgehead atoms. The lowest BCUT2D eigenvalue weighted by atomic mass is 10.5. The quantitative estimate of drug-likeness (QED) is 0.171. The average Bonchev–Trinajstić information content (AvgIpc) is 2.44. The monoisotopic (exact) mass is 290 g/mol. The van der Waals surface area contributed by atoms with Gasteiger partial charge in [0, 0.05) is 19.3 Å². The van der Waals surface area contributed by atoms with Crippen molar-refractivity contribution >= 4 is 15.3 Å². The van der Waals surface area contributed by atoms with E-state index in [0.717, 1.165) is 44.6 Å². The van der Waals surface area contributed by atoms with Gasteiger partial charge in [-0.25, -0.2) is 4.79 Å². The number of hydrogen-bond acceptors (Lipinski definition) is 5. The molecule has 0 spiro atoms. The van der Waals surface area contributed by atoms with Gasteiger partial charge in [-0.1, -0.05) is 20.4 Å². The van der Waals surface area contributed by atoms with Crippen LogP contribution >= 0.6 is 0 Å². The minimum Gasteiger partial charge on any atom is -0.435 e. The molecular formula is C13H26O5Si. The molecule has 0 rings (SSSR count). The van der Waals surface area contributed by atoms with Crippen molar-refractivity contribution in [2.45, 2.75) is 39.2 Å². The maximum absolute atomic E-state index is 10.7. The van der Waals surface area contributed by atoms with Gasteiger partial charge in [-0.05, 0) is 25.3 Å². The standard InChI is InChI=1S/C13H26O5Si/c1-4-8-17-19(18-9-5-2)11-7-10-15-12-16-13(14)6-3/h6,19H,3-5,7-12H2,1-2H3. The van der Waals surface area contributed by atoms with Crippen molar-refractivity contribution in [3.63, 3.8) is 0 Å². The van der Waals surface area contributed by atoms with Crippen molar-refractivity contribution in [1.29, 1.82) is 0 Å². The van der Waals surface area contributed by atoms with Crippen LogP contribution in [0.1, 0.15) is 33.1 Å². The minimum atomic E-state index is -1.55. The van der Waals surface area contributed by atoms with E-state index in [1.165, 1.54) is 0 Å². The highest BCUT2D eigenvalue weighted by atomic mass is 28.3. The molecule has 0 unspecified atom stereocenters. The average molecular weight is 290 g/mol. The van der Waals surface area contributed by atoms with E-state index < -0.39 is 15.3 Å². The van der Waals surface area contributed by atoms with E-state index >= 15 is 0 Å². The number of rotatable bonds is 13. The predicted octanol–water partition coefficient (Wildman–Crippen LogP) is 2.15. The third-order valence-electron chi connectivity index (χ3n) is 2.20. The summed E-state index contributed by atoms with van der Waals surface area (Å²) in [6, 6.07) is 0.912. The van der Waals surface area contributed by atoms with Crippen LogP contribution in [0.2, 0.25) is 6.04 Å². The summed E-state index contributed by atoms with van der Waals surface area (Å²) in [5, 5.41) is 0. The maximum atomic E-state index is 10.7. The van der Waals surface area contributed by atoms with E-state index in [4.69, 9.17) is 18.3 Å². The Labute approximate surface area is 117 Å². The van der Waals surface area contributed by atoms with Crippen LogP contribution in [0.5, 0.6) is 0 Å². The molecule has 0 amide bonds. The molecule has 0 atom stereocenters. The summed E-state index contributed by atoms with van der Waals surface area (Å²) in [7, 11) is -1.55. The highest BCUT2D eigenvalue weighted by Gasteiger charge is 2.12. The number of hydrogen-bond donors (Lipinski definition) is 0. The molecule has 0 aromatic rings. The summed E-state index contributed by atoms with van der Waals surface area (Å²) in [5.74, 6) is -0.468. The van der Waals surface area contributed by atoms with Crippen LogP contribution in [-0.2, 0) is 23.1 Å². The normalized spacial score (nSPS) is 10.7. The molecule has 0 aromatic carbocycles. The third kappa shape index (κ3) is 12.1. The lowest BCUT2D eigenvalue weighted by Crippen LogP contribution is -2.24. The number of carbonyl (C=O) groups is 1. The topological polar surface area (TPSA) is 54.0 Å². The van der Waals surface area contributed by atoms with Crippen LogP contribution in [0.3, 0.4) is 0 Å². The van der Waals surface area contributed by atoms with Crippen molar-refractivity contribution in [2.24, 2.45) is 0 Å². The van der Waals surface area contributed by atoms with E-state index in [1.54, 1.807) is 0 Å². The van der Waals surface area contributed by atoms with E-state index in [9.17, 15) is 4.79 Å². The first-order valence-corrected chi connectivity index (χ1v) is 8.60. The molecule has 112 valence electrons. The van der Waals surface area contributed by atoms with Crippen LogP contribution in [0.4, 0.5) is 0 Å². The number of carbonyl (C=O) groups excluding carboxylic acids is 1. The summed E-state index contributed by atoms with van der Waals surface area (Å²) >= 11 is 0. The van der Waals surface area contributed by atoms with Crippen LogP contribution in [0.25, 0.3) is 0 Å². The highest BCUT2D eigenvalue weighted by Crippen LogP contribution is 2.04. The predicted molar refractivity (Wildman–Crippen MR) is 76.2 cm³/mol. The summed E-state index contributed by atoms with van der Waals surface area (Å²) in [4.78, 5) is 10.7. The van der Waals surface area contributed by atoms with Crippen LogP contribution in [0.15, 0.2) is 12.7 Å². The Kier molecular flexibility index (Phi) is 13.2. The molecule has 0 aromatic heterocycles. The van der Waals surface area contributed by atoms with Gasteiger partial charge in [-0.3, -0.25) is 0 Å². The van der Waals surface area contributed by atoms with Gasteiger partial charge < -0.3 is 18.3 Å². The van der Waals surface area contributed by atoms with Gasteiger partial charge in [0.05, 0.1) is 6.61 Å². The van der Waals surface area contributed by atoms with Crippen LogP contribution < -0.4 is 0 Å². The molecule has 0 saturated heterocycles.